The van der Waals surface area contributed by atoms with Crippen LogP contribution in [0.3, 0.4) is 0 Å². The average molecular weight is 605 g/mol. The Morgan fingerprint density at radius 3 is 2.10 bits per heavy atom. The van der Waals surface area contributed by atoms with Crippen LogP contribution in [-0.2, 0) is 32.6 Å². The van der Waals surface area contributed by atoms with Gasteiger partial charge in [0, 0.05) is 41.7 Å². The lowest BCUT2D eigenvalue weighted by Gasteiger charge is -2.33. The van der Waals surface area contributed by atoms with E-state index in [2.05, 4.69) is 5.32 Å². The van der Waals surface area contributed by atoms with Crippen LogP contribution in [0.2, 0.25) is 10.0 Å². The van der Waals surface area contributed by atoms with Gasteiger partial charge in [-0.05, 0) is 50.1 Å². The number of carbonyl (C=O) groups is 2. The molecule has 0 aromatic heterocycles. The van der Waals surface area contributed by atoms with Crippen molar-refractivity contribution < 1.29 is 18.0 Å². The fraction of sp³-hybridized carbons (Fsp3) is 0.333. The highest BCUT2D eigenvalue weighted by molar-refractivity contribution is 7.89. The van der Waals surface area contributed by atoms with Crippen LogP contribution in [0, 0.1) is 6.92 Å². The molecule has 0 aliphatic heterocycles. The highest BCUT2D eigenvalue weighted by Crippen LogP contribution is 2.27. The van der Waals surface area contributed by atoms with E-state index in [-0.39, 0.29) is 29.8 Å². The Bertz CT molecular complexity index is 1400. The van der Waals surface area contributed by atoms with Crippen molar-refractivity contribution in [1.82, 2.24) is 14.5 Å². The summed E-state index contributed by atoms with van der Waals surface area (Å²) in [4.78, 5) is 29.1. The molecule has 0 radical (unpaired) electrons. The van der Waals surface area contributed by atoms with Gasteiger partial charge in [0.15, 0.2) is 0 Å². The minimum Gasteiger partial charge on any atom is -0.352 e. The minimum atomic E-state index is -3.97. The quantitative estimate of drug-likeness (QED) is 0.297. The molecular weight excluding hydrogens is 569 g/mol. The van der Waals surface area contributed by atoms with Crippen molar-refractivity contribution in [2.45, 2.75) is 57.1 Å². The van der Waals surface area contributed by atoms with Crippen LogP contribution < -0.4 is 5.32 Å². The molecular formula is C30H35Cl2N3O4S. The molecule has 7 nitrogen and oxygen atoms in total. The number of carbonyl (C=O) groups excluding carboxylic acids is 2. The first-order valence-corrected chi connectivity index (χ1v) is 15.2. The molecule has 10 heteroatoms. The molecule has 3 aromatic carbocycles. The van der Waals surface area contributed by atoms with Gasteiger partial charge in [-0.2, -0.15) is 4.31 Å². The third kappa shape index (κ3) is 8.07. The molecule has 40 heavy (non-hydrogen) atoms. The summed E-state index contributed by atoms with van der Waals surface area (Å²) in [6.07, 6.45) is 0.914. The molecule has 0 aliphatic rings. The Kier molecular flexibility index (Phi) is 11.2. The summed E-state index contributed by atoms with van der Waals surface area (Å²) in [7, 11) is -2.62. The second-order valence-electron chi connectivity index (χ2n) is 9.82. The molecule has 2 amide bonds. The van der Waals surface area contributed by atoms with Crippen molar-refractivity contribution >= 4 is 45.0 Å². The zero-order valence-electron chi connectivity index (χ0n) is 23.1. The normalized spacial score (nSPS) is 13.1. The monoisotopic (exact) mass is 603 g/mol. The Morgan fingerprint density at radius 2 is 1.52 bits per heavy atom. The molecule has 3 aromatic rings. The first-order chi connectivity index (χ1) is 18.9. The molecule has 0 aliphatic carbocycles. The van der Waals surface area contributed by atoms with E-state index in [0.717, 1.165) is 15.4 Å². The van der Waals surface area contributed by atoms with Crippen LogP contribution in [0.15, 0.2) is 77.7 Å². The maximum absolute atomic E-state index is 14.0. The average Bonchev–Trinajstić information content (AvgIpc) is 2.92. The van der Waals surface area contributed by atoms with Crippen LogP contribution >= 0.6 is 23.2 Å². The maximum Gasteiger partial charge on any atom is 0.243 e. The van der Waals surface area contributed by atoms with Gasteiger partial charge >= 0.3 is 0 Å². The minimum absolute atomic E-state index is 0.0736. The van der Waals surface area contributed by atoms with Crippen LogP contribution in [0.4, 0.5) is 0 Å². The number of aryl methyl sites for hydroxylation is 1. The molecule has 0 fully saturated rings. The van der Waals surface area contributed by atoms with Crippen LogP contribution in [-0.4, -0.2) is 55.1 Å². The Labute approximate surface area is 247 Å². The lowest BCUT2D eigenvalue weighted by Crippen LogP contribution is -2.54. The fourth-order valence-corrected chi connectivity index (χ4v) is 5.74. The topological polar surface area (TPSA) is 86.8 Å². The van der Waals surface area contributed by atoms with E-state index in [1.807, 2.05) is 51.1 Å². The Hall–Kier alpha value is -2.91. The fourth-order valence-electron chi connectivity index (χ4n) is 4.11. The van der Waals surface area contributed by atoms with Gasteiger partial charge in [-0.25, -0.2) is 8.42 Å². The Morgan fingerprint density at radius 1 is 0.925 bits per heavy atom. The summed E-state index contributed by atoms with van der Waals surface area (Å²) in [5.41, 5.74) is 2.23. The van der Waals surface area contributed by atoms with Crippen molar-refractivity contribution in [2.75, 3.05) is 13.6 Å². The van der Waals surface area contributed by atoms with Gasteiger partial charge in [-0.15, -0.1) is 0 Å². The van der Waals surface area contributed by atoms with Crippen molar-refractivity contribution in [3.8, 4) is 0 Å². The lowest BCUT2D eigenvalue weighted by atomic mass is 10.0. The van der Waals surface area contributed by atoms with Gasteiger partial charge in [-0.3, -0.25) is 9.59 Å². The molecule has 0 heterocycles. The summed E-state index contributed by atoms with van der Waals surface area (Å²) in [6, 6.07) is 19.7. The van der Waals surface area contributed by atoms with Gasteiger partial charge in [0.05, 0.1) is 11.4 Å². The summed E-state index contributed by atoms with van der Waals surface area (Å²) in [5, 5.41) is 3.66. The van der Waals surface area contributed by atoms with Crippen LogP contribution in [0.25, 0.3) is 0 Å². The number of amides is 2. The number of hydrogen-bond acceptors (Lipinski definition) is 4. The summed E-state index contributed by atoms with van der Waals surface area (Å²) in [6.45, 7) is 5.13. The van der Waals surface area contributed by atoms with E-state index in [4.69, 9.17) is 23.2 Å². The first kappa shape index (κ1) is 31.6. The molecule has 1 N–H and O–H groups in total. The standard InChI is InChI=1S/C30H35Cl2N3O4S/c1-5-22(3)33-30(37)28(18-23-10-7-6-8-11-23)35(19-25-26(31)12-9-13-27(25)32)29(36)20-34(4)40(38,39)24-16-14-21(2)15-17-24/h6-17,22,28H,5,18-20H2,1-4H3,(H,33,37)/t22-,28-/m0/s1. The van der Waals surface area contributed by atoms with Gasteiger partial charge in [0.25, 0.3) is 0 Å². The number of likely N-dealkylation sites (N-methyl/N-ethyl adjacent to an activating group) is 1. The summed E-state index contributed by atoms with van der Waals surface area (Å²) < 4.78 is 27.6. The van der Waals surface area contributed by atoms with Gasteiger partial charge in [0.1, 0.15) is 6.04 Å². The van der Waals surface area contributed by atoms with Gasteiger partial charge in [-0.1, -0.05) is 84.2 Å². The smallest absolute Gasteiger partial charge is 0.243 e. The zero-order chi connectivity index (χ0) is 29.4. The largest absolute Gasteiger partial charge is 0.352 e. The molecule has 0 saturated heterocycles. The van der Waals surface area contributed by atoms with E-state index < -0.39 is 28.5 Å². The van der Waals surface area contributed by atoms with E-state index in [1.165, 1.54) is 24.1 Å². The summed E-state index contributed by atoms with van der Waals surface area (Å²) >= 11 is 12.9. The van der Waals surface area contributed by atoms with E-state index >= 15 is 0 Å². The number of benzene rings is 3. The molecule has 3 rings (SSSR count). The number of hydrogen-bond donors (Lipinski definition) is 1. The second-order valence-corrected chi connectivity index (χ2v) is 12.7. The molecule has 214 valence electrons. The second kappa shape index (κ2) is 14.1. The maximum atomic E-state index is 14.0. The third-order valence-corrected chi connectivity index (χ3v) is 9.28. The highest BCUT2D eigenvalue weighted by atomic mass is 35.5. The number of rotatable bonds is 12. The highest BCUT2D eigenvalue weighted by Gasteiger charge is 2.34. The van der Waals surface area contributed by atoms with Crippen LogP contribution in [0.5, 0.6) is 0 Å². The van der Waals surface area contributed by atoms with Crippen molar-refractivity contribution in [3.63, 3.8) is 0 Å². The zero-order valence-corrected chi connectivity index (χ0v) is 25.4. The van der Waals surface area contributed by atoms with E-state index in [0.29, 0.717) is 22.0 Å². The van der Waals surface area contributed by atoms with Gasteiger partial charge in [0.2, 0.25) is 21.8 Å². The molecule has 0 unspecified atom stereocenters. The molecule has 0 saturated carbocycles. The summed E-state index contributed by atoms with van der Waals surface area (Å²) in [5.74, 6) is -0.909. The first-order valence-electron chi connectivity index (χ1n) is 13.0. The number of sulfonamides is 1. The predicted molar refractivity (Wildman–Crippen MR) is 160 cm³/mol. The van der Waals surface area contributed by atoms with Crippen molar-refractivity contribution in [1.29, 1.82) is 0 Å². The third-order valence-electron chi connectivity index (χ3n) is 6.75. The van der Waals surface area contributed by atoms with Gasteiger partial charge < -0.3 is 10.2 Å². The van der Waals surface area contributed by atoms with Crippen molar-refractivity contribution in [3.05, 3.63) is 99.5 Å². The number of halogens is 2. The SMILES string of the molecule is CC[C@H](C)NC(=O)[C@H](Cc1ccccc1)N(Cc1c(Cl)cccc1Cl)C(=O)CN(C)S(=O)(=O)c1ccc(C)cc1. The molecule has 0 spiro atoms. The van der Waals surface area contributed by atoms with Crippen molar-refractivity contribution in [2.24, 2.45) is 0 Å². The lowest BCUT2D eigenvalue weighted by molar-refractivity contribution is -0.141. The number of nitrogens with one attached hydrogen (secondary N) is 1. The predicted octanol–water partition coefficient (Wildman–Crippen LogP) is 5.48. The number of nitrogens with zero attached hydrogens (tertiary/aromatic N) is 2. The Balaban J connectivity index is 2.02. The van der Waals surface area contributed by atoms with E-state index in [9.17, 15) is 18.0 Å². The molecule has 0 bridgehead atoms. The molecule has 2 atom stereocenters. The van der Waals surface area contributed by atoms with E-state index in [1.54, 1.807) is 30.3 Å². The van der Waals surface area contributed by atoms with Crippen LogP contribution in [0.1, 0.15) is 37.0 Å².